The molecule has 2 rings (SSSR count). The number of hydrogen-bond acceptors (Lipinski definition) is 4. The van der Waals surface area contributed by atoms with Gasteiger partial charge < -0.3 is 9.47 Å². The molecule has 0 aliphatic heterocycles. The van der Waals surface area contributed by atoms with E-state index in [1.165, 1.54) is 6.92 Å². The van der Waals surface area contributed by atoms with Gasteiger partial charge in [0.05, 0.1) is 6.61 Å². The Morgan fingerprint density at radius 2 is 1.95 bits per heavy atom. The molecule has 0 saturated carbocycles. The molecule has 0 amide bonds. The summed E-state index contributed by atoms with van der Waals surface area (Å²) in [5.74, 6) is 0.400. The van der Waals surface area contributed by atoms with Gasteiger partial charge in [-0.2, -0.15) is 0 Å². The summed E-state index contributed by atoms with van der Waals surface area (Å²) in [7, 11) is 0. The second-order valence-corrected chi connectivity index (χ2v) is 5.67. The predicted molar refractivity (Wildman–Crippen MR) is 82.9 cm³/mol. The molecule has 1 unspecified atom stereocenters. The van der Waals surface area contributed by atoms with Crippen LogP contribution in [0.2, 0.25) is 0 Å². The van der Waals surface area contributed by atoms with E-state index in [1.54, 1.807) is 6.92 Å². The standard InChI is InChI=1S/C18H22O4/c1-13-17(20)10-16(11-18(13)22-14(2)19)8-9-21-12-15-6-4-3-5-7-15/h3-7,16H,8-12H2,1-2H3. The first-order chi connectivity index (χ1) is 10.6. The van der Waals surface area contributed by atoms with E-state index in [0.29, 0.717) is 37.4 Å². The van der Waals surface area contributed by atoms with Gasteiger partial charge in [-0.15, -0.1) is 0 Å². The van der Waals surface area contributed by atoms with Gasteiger partial charge in [0, 0.05) is 31.9 Å². The summed E-state index contributed by atoms with van der Waals surface area (Å²) in [5.41, 5.74) is 1.72. The summed E-state index contributed by atoms with van der Waals surface area (Å²) in [6.07, 6.45) is 1.92. The van der Waals surface area contributed by atoms with E-state index in [2.05, 4.69) is 0 Å². The minimum Gasteiger partial charge on any atom is -0.431 e. The summed E-state index contributed by atoms with van der Waals surface area (Å²) in [6.45, 7) is 4.26. The van der Waals surface area contributed by atoms with Crippen LogP contribution < -0.4 is 0 Å². The maximum absolute atomic E-state index is 12.0. The molecule has 22 heavy (non-hydrogen) atoms. The van der Waals surface area contributed by atoms with Crippen molar-refractivity contribution in [2.45, 2.75) is 39.7 Å². The van der Waals surface area contributed by atoms with Crippen molar-refractivity contribution in [1.29, 1.82) is 0 Å². The fraction of sp³-hybridized carbons (Fsp3) is 0.444. The molecule has 1 aliphatic rings. The molecule has 1 aromatic carbocycles. The Bertz CT molecular complexity index is 560. The van der Waals surface area contributed by atoms with E-state index in [9.17, 15) is 9.59 Å². The van der Waals surface area contributed by atoms with Crippen molar-refractivity contribution < 1.29 is 19.1 Å². The Kier molecular flexibility index (Phi) is 5.90. The first kappa shape index (κ1) is 16.4. The first-order valence-corrected chi connectivity index (χ1v) is 7.59. The van der Waals surface area contributed by atoms with Crippen molar-refractivity contribution >= 4 is 11.8 Å². The fourth-order valence-electron chi connectivity index (χ4n) is 2.57. The third-order valence-electron chi connectivity index (χ3n) is 3.83. The van der Waals surface area contributed by atoms with Gasteiger partial charge in [0.25, 0.3) is 0 Å². The molecule has 1 aliphatic carbocycles. The number of carbonyl (C=O) groups excluding carboxylic acids is 2. The SMILES string of the molecule is CC(=O)OC1=C(C)C(=O)CC(CCOCc2ccccc2)C1. The predicted octanol–water partition coefficient (Wildman–Crippen LogP) is 3.41. The number of allylic oxidation sites excluding steroid dienone is 2. The zero-order valence-electron chi connectivity index (χ0n) is 13.1. The van der Waals surface area contributed by atoms with Crippen molar-refractivity contribution in [2.75, 3.05) is 6.61 Å². The van der Waals surface area contributed by atoms with Gasteiger partial charge in [0.15, 0.2) is 5.78 Å². The Hall–Kier alpha value is -1.94. The molecule has 1 atom stereocenters. The summed E-state index contributed by atoms with van der Waals surface area (Å²) in [5, 5.41) is 0. The Balaban J connectivity index is 1.79. The van der Waals surface area contributed by atoms with Crippen LogP contribution in [0, 0.1) is 5.92 Å². The minimum atomic E-state index is -0.372. The van der Waals surface area contributed by atoms with Crippen molar-refractivity contribution in [3.63, 3.8) is 0 Å². The van der Waals surface area contributed by atoms with Crippen LogP contribution in [0.25, 0.3) is 0 Å². The summed E-state index contributed by atoms with van der Waals surface area (Å²) in [4.78, 5) is 23.1. The third-order valence-corrected chi connectivity index (χ3v) is 3.83. The molecule has 0 radical (unpaired) electrons. The maximum atomic E-state index is 12.0. The van der Waals surface area contributed by atoms with Crippen LogP contribution in [0.1, 0.15) is 38.7 Å². The van der Waals surface area contributed by atoms with Crippen LogP contribution in [-0.4, -0.2) is 18.4 Å². The molecule has 118 valence electrons. The zero-order valence-corrected chi connectivity index (χ0v) is 13.1. The molecular formula is C18H22O4. The number of rotatable bonds is 6. The number of Topliss-reactive ketones (excluding diaryl/α,β-unsaturated/α-hetero) is 1. The molecule has 0 fully saturated rings. The maximum Gasteiger partial charge on any atom is 0.307 e. The normalized spacial score (nSPS) is 18.5. The van der Waals surface area contributed by atoms with E-state index in [1.807, 2.05) is 30.3 Å². The van der Waals surface area contributed by atoms with Crippen molar-refractivity contribution in [3.8, 4) is 0 Å². The van der Waals surface area contributed by atoms with Crippen molar-refractivity contribution in [3.05, 3.63) is 47.2 Å². The van der Waals surface area contributed by atoms with E-state index in [0.717, 1.165) is 12.0 Å². The average molecular weight is 302 g/mol. The second-order valence-electron chi connectivity index (χ2n) is 5.67. The van der Waals surface area contributed by atoms with Gasteiger partial charge in [-0.05, 0) is 24.8 Å². The highest BCUT2D eigenvalue weighted by Crippen LogP contribution is 2.30. The van der Waals surface area contributed by atoms with Gasteiger partial charge in [0.1, 0.15) is 5.76 Å². The molecule has 4 heteroatoms. The number of ketones is 1. The third kappa shape index (κ3) is 4.81. The number of carbonyl (C=O) groups is 2. The molecule has 1 aromatic rings. The lowest BCUT2D eigenvalue weighted by Crippen LogP contribution is -2.21. The lowest BCUT2D eigenvalue weighted by molar-refractivity contribution is -0.137. The Labute approximate surface area is 131 Å². The number of ether oxygens (including phenoxy) is 2. The smallest absolute Gasteiger partial charge is 0.307 e. The zero-order chi connectivity index (χ0) is 15.9. The van der Waals surface area contributed by atoms with Crippen LogP contribution in [0.4, 0.5) is 0 Å². The highest BCUT2D eigenvalue weighted by atomic mass is 16.5. The van der Waals surface area contributed by atoms with Crippen LogP contribution in [-0.2, 0) is 25.7 Å². The summed E-state index contributed by atoms with van der Waals surface area (Å²) in [6, 6.07) is 9.99. The largest absolute Gasteiger partial charge is 0.431 e. The van der Waals surface area contributed by atoms with E-state index < -0.39 is 0 Å². The summed E-state index contributed by atoms with van der Waals surface area (Å²) >= 11 is 0. The summed E-state index contributed by atoms with van der Waals surface area (Å²) < 4.78 is 10.8. The molecule has 0 saturated heterocycles. The van der Waals surface area contributed by atoms with Crippen LogP contribution in [0.3, 0.4) is 0 Å². The molecule has 0 aromatic heterocycles. The second kappa shape index (κ2) is 7.90. The minimum absolute atomic E-state index is 0.0653. The Morgan fingerprint density at radius 3 is 2.64 bits per heavy atom. The quantitative estimate of drug-likeness (QED) is 0.597. The van der Waals surface area contributed by atoms with Gasteiger partial charge in [-0.3, -0.25) is 9.59 Å². The van der Waals surface area contributed by atoms with Gasteiger partial charge in [-0.25, -0.2) is 0 Å². The van der Waals surface area contributed by atoms with E-state index in [4.69, 9.17) is 9.47 Å². The molecule has 0 heterocycles. The van der Waals surface area contributed by atoms with Gasteiger partial charge in [0.2, 0.25) is 0 Å². The molecule has 0 N–H and O–H groups in total. The van der Waals surface area contributed by atoms with Gasteiger partial charge >= 0.3 is 5.97 Å². The first-order valence-electron chi connectivity index (χ1n) is 7.59. The fourth-order valence-corrected chi connectivity index (χ4v) is 2.57. The molecule has 4 nitrogen and oxygen atoms in total. The Morgan fingerprint density at radius 1 is 1.23 bits per heavy atom. The van der Waals surface area contributed by atoms with Crippen LogP contribution in [0.5, 0.6) is 0 Å². The molecule has 0 spiro atoms. The lowest BCUT2D eigenvalue weighted by Gasteiger charge is -2.24. The number of benzene rings is 1. The van der Waals surface area contributed by atoms with Crippen molar-refractivity contribution in [1.82, 2.24) is 0 Å². The topological polar surface area (TPSA) is 52.6 Å². The highest BCUT2D eigenvalue weighted by Gasteiger charge is 2.26. The van der Waals surface area contributed by atoms with Crippen LogP contribution in [0.15, 0.2) is 41.7 Å². The van der Waals surface area contributed by atoms with Gasteiger partial charge in [-0.1, -0.05) is 30.3 Å². The van der Waals surface area contributed by atoms with E-state index in [-0.39, 0.29) is 17.7 Å². The highest BCUT2D eigenvalue weighted by molar-refractivity contribution is 5.96. The van der Waals surface area contributed by atoms with E-state index >= 15 is 0 Å². The number of hydrogen-bond donors (Lipinski definition) is 0. The van der Waals surface area contributed by atoms with Crippen molar-refractivity contribution in [2.24, 2.45) is 5.92 Å². The number of esters is 1. The molecule has 0 bridgehead atoms. The average Bonchev–Trinajstić information content (AvgIpc) is 2.49. The molecular weight excluding hydrogens is 280 g/mol. The lowest BCUT2D eigenvalue weighted by atomic mass is 9.86. The van der Waals surface area contributed by atoms with Crippen LogP contribution >= 0.6 is 0 Å². The monoisotopic (exact) mass is 302 g/mol.